The van der Waals surface area contributed by atoms with E-state index in [1.165, 1.54) is 0 Å². The van der Waals surface area contributed by atoms with E-state index in [9.17, 15) is 4.79 Å². The van der Waals surface area contributed by atoms with Crippen LogP contribution in [0.25, 0.3) is 0 Å². The third-order valence-electron chi connectivity index (χ3n) is 4.86. The maximum Gasteiger partial charge on any atom is 0.228 e. The van der Waals surface area contributed by atoms with E-state index in [-0.39, 0.29) is 11.8 Å². The molecular weight excluding hydrogens is 374 g/mol. The van der Waals surface area contributed by atoms with Crippen LogP contribution in [-0.2, 0) is 11.4 Å². The normalized spacial score (nSPS) is 16.9. The number of nitriles is 1. The number of piperidine rings is 1. The minimum absolute atomic E-state index is 0.0340. The molecule has 0 saturated carbocycles. The molecule has 2 aromatic carbocycles. The lowest BCUT2D eigenvalue weighted by molar-refractivity contribution is -0.121. The monoisotopic (exact) mass is 397 g/mol. The van der Waals surface area contributed by atoms with Crippen LogP contribution in [0, 0.1) is 17.2 Å². The highest BCUT2D eigenvalue weighted by molar-refractivity contribution is 6.30. The summed E-state index contributed by atoms with van der Waals surface area (Å²) in [7, 11) is 0. The molecule has 3 rings (SSSR count). The van der Waals surface area contributed by atoms with Crippen molar-refractivity contribution in [1.29, 1.82) is 5.26 Å². The Morgan fingerprint density at radius 2 is 1.96 bits per heavy atom. The maximum atomic E-state index is 12.6. The predicted molar refractivity (Wildman–Crippen MR) is 110 cm³/mol. The first-order valence-electron chi connectivity index (χ1n) is 9.51. The van der Waals surface area contributed by atoms with Crippen molar-refractivity contribution in [2.45, 2.75) is 25.9 Å². The van der Waals surface area contributed by atoms with Crippen molar-refractivity contribution in [3.8, 4) is 11.8 Å². The zero-order valence-corrected chi connectivity index (χ0v) is 16.5. The first kappa shape index (κ1) is 20.2. The van der Waals surface area contributed by atoms with Gasteiger partial charge in [0.05, 0.1) is 12.0 Å². The number of hydrogen-bond acceptors (Lipinski definition) is 4. The summed E-state index contributed by atoms with van der Waals surface area (Å²) in [6.07, 6.45) is 2.38. The summed E-state index contributed by atoms with van der Waals surface area (Å²) >= 11 is 5.88. The zero-order valence-electron chi connectivity index (χ0n) is 15.7. The number of nitrogens with one attached hydrogen (secondary N) is 1. The molecule has 0 radical (unpaired) electrons. The van der Waals surface area contributed by atoms with Gasteiger partial charge in [-0.3, -0.25) is 4.79 Å². The topological polar surface area (TPSA) is 65.4 Å². The fraction of sp³-hybridized carbons (Fsp3) is 0.364. The molecule has 1 aliphatic heterocycles. The summed E-state index contributed by atoms with van der Waals surface area (Å²) in [5.74, 6) is 0.748. The lowest BCUT2D eigenvalue weighted by atomic mass is 9.97. The second kappa shape index (κ2) is 10.1. The van der Waals surface area contributed by atoms with Crippen molar-refractivity contribution < 1.29 is 9.53 Å². The SMILES string of the molecule is N#CCCN1CCCC(C(=O)Nc2ccc(OCc3ccc(Cl)cc3)cc2)C1. The Morgan fingerprint density at radius 1 is 1.21 bits per heavy atom. The van der Waals surface area contributed by atoms with Crippen LogP contribution in [0.1, 0.15) is 24.8 Å². The minimum Gasteiger partial charge on any atom is -0.489 e. The van der Waals surface area contributed by atoms with Crippen LogP contribution >= 0.6 is 11.6 Å². The second-order valence-corrected chi connectivity index (χ2v) is 7.41. The smallest absolute Gasteiger partial charge is 0.228 e. The number of nitrogens with zero attached hydrogens (tertiary/aromatic N) is 2. The minimum atomic E-state index is -0.0340. The average Bonchev–Trinajstić information content (AvgIpc) is 2.73. The molecule has 2 aromatic rings. The molecule has 0 aliphatic carbocycles. The first-order chi connectivity index (χ1) is 13.6. The maximum absolute atomic E-state index is 12.6. The molecule has 1 heterocycles. The number of carbonyl (C=O) groups is 1. The number of halogens is 1. The van der Waals surface area contributed by atoms with Crippen LogP contribution in [0.5, 0.6) is 5.75 Å². The molecule has 0 bridgehead atoms. The quantitative estimate of drug-likeness (QED) is 0.747. The Balaban J connectivity index is 1.48. The van der Waals surface area contributed by atoms with Gasteiger partial charge in [-0.25, -0.2) is 0 Å². The van der Waals surface area contributed by atoms with E-state index in [0.717, 1.165) is 49.5 Å². The largest absolute Gasteiger partial charge is 0.489 e. The molecule has 6 heteroatoms. The molecule has 1 aliphatic rings. The molecule has 0 spiro atoms. The van der Waals surface area contributed by atoms with E-state index in [2.05, 4.69) is 16.3 Å². The zero-order chi connectivity index (χ0) is 19.8. The van der Waals surface area contributed by atoms with E-state index in [1.54, 1.807) is 0 Å². The molecular formula is C22H24ClN3O2. The summed E-state index contributed by atoms with van der Waals surface area (Å²) in [6, 6.07) is 17.1. The Hall–Kier alpha value is -2.55. The van der Waals surface area contributed by atoms with Crippen molar-refractivity contribution in [2.24, 2.45) is 5.92 Å². The van der Waals surface area contributed by atoms with Gasteiger partial charge in [-0.2, -0.15) is 5.26 Å². The van der Waals surface area contributed by atoms with Crippen LogP contribution in [-0.4, -0.2) is 30.4 Å². The van der Waals surface area contributed by atoms with Crippen LogP contribution in [0.4, 0.5) is 5.69 Å². The highest BCUT2D eigenvalue weighted by Gasteiger charge is 2.25. The van der Waals surface area contributed by atoms with Gasteiger partial charge >= 0.3 is 0 Å². The Bertz CT molecular complexity index is 815. The van der Waals surface area contributed by atoms with Gasteiger partial charge in [-0.1, -0.05) is 23.7 Å². The summed E-state index contributed by atoms with van der Waals surface area (Å²) in [5, 5.41) is 12.4. The van der Waals surface area contributed by atoms with E-state index >= 15 is 0 Å². The van der Waals surface area contributed by atoms with Gasteiger partial charge < -0.3 is 15.0 Å². The summed E-state index contributed by atoms with van der Waals surface area (Å²) in [6.45, 7) is 2.88. The molecule has 5 nitrogen and oxygen atoms in total. The van der Waals surface area contributed by atoms with Gasteiger partial charge in [0.1, 0.15) is 12.4 Å². The number of rotatable bonds is 7. The fourth-order valence-electron chi connectivity index (χ4n) is 3.31. The van der Waals surface area contributed by atoms with Crippen molar-refractivity contribution >= 4 is 23.2 Å². The number of amides is 1. The van der Waals surface area contributed by atoms with Gasteiger partial charge in [0.15, 0.2) is 0 Å². The molecule has 1 N–H and O–H groups in total. The van der Waals surface area contributed by atoms with Crippen molar-refractivity contribution in [3.05, 3.63) is 59.1 Å². The summed E-state index contributed by atoms with van der Waals surface area (Å²) in [4.78, 5) is 14.8. The number of hydrogen-bond donors (Lipinski definition) is 1. The van der Waals surface area contributed by atoms with Crippen LogP contribution in [0.3, 0.4) is 0 Å². The lowest BCUT2D eigenvalue weighted by Gasteiger charge is -2.31. The van der Waals surface area contributed by atoms with Gasteiger partial charge in [-0.15, -0.1) is 0 Å². The molecule has 1 saturated heterocycles. The molecule has 1 amide bonds. The second-order valence-electron chi connectivity index (χ2n) is 6.98. The predicted octanol–water partition coefficient (Wildman–Crippen LogP) is 4.48. The summed E-state index contributed by atoms with van der Waals surface area (Å²) in [5.41, 5.74) is 1.80. The van der Waals surface area contributed by atoms with Gasteiger partial charge in [0.2, 0.25) is 5.91 Å². The van der Waals surface area contributed by atoms with Crippen molar-refractivity contribution in [1.82, 2.24) is 4.90 Å². The molecule has 1 fully saturated rings. The number of carbonyl (C=O) groups excluding carboxylic acids is 1. The molecule has 28 heavy (non-hydrogen) atoms. The molecule has 1 atom stereocenters. The third-order valence-corrected chi connectivity index (χ3v) is 5.11. The van der Waals surface area contributed by atoms with E-state index in [0.29, 0.717) is 18.1 Å². The number of ether oxygens (including phenoxy) is 1. The third kappa shape index (κ3) is 5.98. The van der Waals surface area contributed by atoms with E-state index < -0.39 is 0 Å². The van der Waals surface area contributed by atoms with Gasteiger partial charge in [-0.05, 0) is 61.3 Å². The highest BCUT2D eigenvalue weighted by Crippen LogP contribution is 2.21. The van der Waals surface area contributed by atoms with Crippen molar-refractivity contribution in [2.75, 3.05) is 25.0 Å². The number of anilines is 1. The van der Waals surface area contributed by atoms with E-state index in [1.807, 2.05) is 48.5 Å². The number of likely N-dealkylation sites (tertiary alicyclic amines) is 1. The average molecular weight is 398 g/mol. The molecule has 1 unspecified atom stereocenters. The van der Waals surface area contributed by atoms with Crippen molar-refractivity contribution in [3.63, 3.8) is 0 Å². The van der Waals surface area contributed by atoms with Gasteiger partial charge in [0, 0.05) is 30.2 Å². The molecule has 146 valence electrons. The van der Waals surface area contributed by atoms with E-state index in [4.69, 9.17) is 21.6 Å². The Labute approximate surface area is 170 Å². The first-order valence-corrected chi connectivity index (χ1v) is 9.89. The van der Waals surface area contributed by atoms with Gasteiger partial charge in [0.25, 0.3) is 0 Å². The van der Waals surface area contributed by atoms with Crippen LogP contribution < -0.4 is 10.1 Å². The molecule has 0 aromatic heterocycles. The van der Waals surface area contributed by atoms with Crippen LogP contribution in [0.2, 0.25) is 5.02 Å². The number of benzene rings is 2. The van der Waals surface area contributed by atoms with Crippen LogP contribution in [0.15, 0.2) is 48.5 Å². The summed E-state index contributed by atoms with van der Waals surface area (Å²) < 4.78 is 5.77. The highest BCUT2D eigenvalue weighted by atomic mass is 35.5. The standard InChI is InChI=1S/C22H24ClN3O2/c23-19-6-4-17(5-7-19)16-28-21-10-8-20(9-11-21)25-22(27)18-3-1-13-26(15-18)14-2-12-24/h4-11,18H,1-3,13-16H2,(H,25,27). The lowest BCUT2D eigenvalue weighted by Crippen LogP contribution is -2.41. The Morgan fingerprint density at radius 3 is 2.68 bits per heavy atom. The Kier molecular flexibility index (Phi) is 7.30. The fourth-order valence-corrected chi connectivity index (χ4v) is 3.43.